The summed E-state index contributed by atoms with van der Waals surface area (Å²) in [6.45, 7) is 1.96. The number of nitrogens with zero attached hydrogens (tertiary/aromatic N) is 6. The lowest BCUT2D eigenvalue weighted by Crippen LogP contribution is -2.08. The van der Waals surface area contributed by atoms with Crippen molar-refractivity contribution in [2.75, 3.05) is 19.0 Å². The minimum absolute atomic E-state index is 0.104. The first-order valence-electron chi connectivity index (χ1n) is 12.6. The van der Waals surface area contributed by atoms with Gasteiger partial charge in [-0.3, -0.25) is 4.68 Å². The summed E-state index contributed by atoms with van der Waals surface area (Å²) in [7, 11) is 1.54. The highest BCUT2D eigenvalue weighted by Crippen LogP contribution is 2.33. The molecule has 1 aliphatic carbocycles. The summed E-state index contributed by atoms with van der Waals surface area (Å²) >= 11 is 0. The van der Waals surface area contributed by atoms with Crippen LogP contribution in [0, 0.1) is 11.6 Å². The van der Waals surface area contributed by atoms with E-state index in [9.17, 15) is 8.78 Å². The van der Waals surface area contributed by atoms with E-state index in [1.54, 1.807) is 24.8 Å². The molecule has 0 aliphatic heterocycles. The van der Waals surface area contributed by atoms with Gasteiger partial charge in [0.1, 0.15) is 41.0 Å². The van der Waals surface area contributed by atoms with E-state index in [2.05, 4.69) is 15.3 Å². The number of aryl methyl sites for hydroxylation is 1. The van der Waals surface area contributed by atoms with Crippen molar-refractivity contribution in [2.24, 2.45) is 0 Å². The Morgan fingerprint density at radius 2 is 1.85 bits per heavy atom. The van der Waals surface area contributed by atoms with Gasteiger partial charge in [-0.05, 0) is 32.3 Å². The summed E-state index contributed by atoms with van der Waals surface area (Å²) in [6.07, 6.45) is 4.03. The molecule has 3 heterocycles. The van der Waals surface area contributed by atoms with Crippen molar-refractivity contribution in [3.8, 4) is 23.1 Å². The molecule has 9 nitrogen and oxygen atoms in total. The molecular weight excluding hydrogens is 504 g/mol. The second-order valence-electron chi connectivity index (χ2n) is 9.07. The van der Waals surface area contributed by atoms with Gasteiger partial charge >= 0.3 is 0 Å². The Hall–Kier alpha value is -4.67. The number of hydrogen-bond acceptors (Lipinski definition) is 8. The molecule has 1 aliphatic rings. The third-order valence-corrected chi connectivity index (χ3v) is 6.63. The van der Waals surface area contributed by atoms with Crippen molar-refractivity contribution in [1.29, 1.82) is 0 Å². The van der Waals surface area contributed by atoms with E-state index in [0.717, 1.165) is 35.9 Å². The molecule has 6 rings (SSSR count). The van der Waals surface area contributed by atoms with Gasteiger partial charge in [0.05, 0.1) is 25.8 Å². The average Bonchev–Trinajstić information content (AvgIpc) is 3.56. The molecule has 39 heavy (non-hydrogen) atoms. The first-order valence-corrected chi connectivity index (χ1v) is 12.6. The third-order valence-electron chi connectivity index (χ3n) is 6.63. The van der Waals surface area contributed by atoms with Crippen LogP contribution in [0.15, 0.2) is 48.8 Å². The zero-order valence-electron chi connectivity index (χ0n) is 21.4. The molecule has 1 N–H and O–H groups in total. The Kier molecular flexibility index (Phi) is 6.47. The Bertz CT molecular complexity index is 1670. The first kappa shape index (κ1) is 24.7. The summed E-state index contributed by atoms with van der Waals surface area (Å²) in [4.78, 5) is 18.0. The number of fused-ring (bicyclic) bond motifs is 2. The molecule has 11 heteroatoms. The van der Waals surface area contributed by atoms with Gasteiger partial charge in [-0.1, -0.05) is 18.2 Å². The van der Waals surface area contributed by atoms with Gasteiger partial charge in [-0.2, -0.15) is 5.10 Å². The Morgan fingerprint density at radius 3 is 2.64 bits per heavy atom. The lowest BCUT2D eigenvalue weighted by Gasteiger charge is -2.11. The molecule has 2 aromatic carbocycles. The van der Waals surface area contributed by atoms with Crippen LogP contribution in [-0.2, 0) is 19.4 Å². The minimum atomic E-state index is -0.694. The van der Waals surface area contributed by atoms with E-state index in [-0.39, 0.29) is 17.9 Å². The number of para-hydroxylation sites is 1. The zero-order chi connectivity index (χ0) is 26.9. The molecule has 0 saturated carbocycles. The van der Waals surface area contributed by atoms with Crippen LogP contribution < -0.4 is 14.8 Å². The van der Waals surface area contributed by atoms with E-state index in [4.69, 9.17) is 24.5 Å². The highest BCUT2D eigenvalue weighted by Gasteiger charge is 2.24. The summed E-state index contributed by atoms with van der Waals surface area (Å²) in [6, 6.07) is 11.6. The standard InChI is InChI=1S/C28H25F2N7O2/c1-3-39-16-11-20(29)19(21(30)12-16)14-37-23-10-5-4-7-18(23)26(36-37)28-33-22-9-6-8-17(22)27(35-28)34-24-13-25(38-2)32-15-31-24/h4-5,7,10-13,15H,3,6,8-9,14H2,1-2H3,(H,31,32,33,34,35). The number of anilines is 2. The molecule has 0 radical (unpaired) electrons. The molecule has 0 fully saturated rings. The van der Waals surface area contributed by atoms with Crippen molar-refractivity contribution >= 4 is 22.5 Å². The molecule has 0 bridgehead atoms. The number of methoxy groups -OCH3 is 1. The maximum absolute atomic E-state index is 14.9. The number of aromatic nitrogens is 6. The van der Waals surface area contributed by atoms with Crippen LogP contribution in [0.25, 0.3) is 22.4 Å². The molecule has 0 amide bonds. The molecule has 198 valence electrons. The van der Waals surface area contributed by atoms with Crippen LogP contribution in [0.2, 0.25) is 0 Å². The van der Waals surface area contributed by atoms with Gasteiger partial charge in [0.2, 0.25) is 5.88 Å². The fourth-order valence-electron chi connectivity index (χ4n) is 4.83. The Labute approximate surface area is 222 Å². The fourth-order valence-corrected chi connectivity index (χ4v) is 4.83. The summed E-state index contributed by atoms with van der Waals surface area (Å²) in [5.41, 5.74) is 3.09. The lowest BCUT2D eigenvalue weighted by molar-refractivity contribution is 0.335. The lowest BCUT2D eigenvalue weighted by atomic mass is 10.1. The normalized spacial score (nSPS) is 12.5. The van der Waals surface area contributed by atoms with Gasteiger partial charge in [0.15, 0.2) is 5.82 Å². The maximum Gasteiger partial charge on any atom is 0.218 e. The molecule has 0 atom stereocenters. The number of nitrogens with one attached hydrogen (secondary N) is 1. The van der Waals surface area contributed by atoms with Crippen LogP contribution >= 0.6 is 0 Å². The van der Waals surface area contributed by atoms with Crippen LogP contribution in [0.4, 0.5) is 20.4 Å². The van der Waals surface area contributed by atoms with Crippen LogP contribution in [0.1, 0.15) is 30.2 Å². The van der Waals surface area contributed by atoms with Crippen molar-refractivity contribution in [1.82, 2.24) is 29.7 Å². The largest absolute Gasteiger partial charge is 0.494 e. The van der Waals surface area contributed by atoms with E-state index in [0.29, 0.717) is 41.2 Å². The SMILES string of the molecule is CCOc1cc(F)c(Cn2nc(-c3nc4c(c(Nc5cc(OC)ncn5)n3)CCC4)c3ccccc32)c(F)c1. The van der Waals surface area contributed by atoms with E-state index in [1.165, 1.54) is 18.5 Å². The molecule has 0 saturated heterocycles. The van der Waals surface area contributed by atoms with Gasteiger partial charge in [-0.15, -0.1) is 0 Å². The van der Waals surface area contributed by atoms with Crippen LogP contribution in [0.3, 0.4) is 0 Å². The van der Waals surface area contributed by atoms with Crippen LogP contribution in [0.5, 0.6) is 11.6 Å². The van der Waals surface area contributed by atoms with Gasteiger partial charge in [0.25, 0.3) is 0 Å². The van der Waals surface area contributed by atoms with E-state index >= 15 is 0 Å². The quantitative estimate of drug-likeness (QED) is 0.291. The summed E-state index contributed by atoms with van der Waals surface area (Å²) in [5.74, 6) is 0.780. The predicted octanol–water partition coefficient (Wildman–Crippen LogP) is 5.25. The minimum Gasteiger partial charge on any atom is -0.494 e. The fraction of sp³-hybridized carbons (Fsp3) is 0.250. The molecule has 5 aromatic rings. The van der Waals surface area contributed by atoms with Crippen molar-refractivity contribution in [3.05, 3.63) is 77.2 Å². The second-order valence-corrected chi connectivity index (χ2v) is 9.07. The monoisotopic (exact) mass is 529 g/mol. The van der Waals surface area contributed by atoms with Gasteiger partial charge in [0, 0.05) is 40.4 Å². The second kappa shape index (κ2) is 10.2. The number of benzene rings is 2. The van der Waals surface area contributed by atoms with Crippen molar-refractivity contribution in [2.45, 2.75) is 32.7 Å². The first-order chi connectivity index (χ1) is 19.0. The van der Waals surface area contributed by atoms with Crippen LogP contribution in [-0.4, -0.2) is 43.4 Å². The topological polar surface area (TPSA) is 99.9 Å². The molecule has 3 aromatic heterocycles. The van der Waals surface area contributed by atoms with Crippen molar-refractivity contribution < 1.29 is 18.3 Å². The number of hydrogen-bond donors (Lipinski definition) is 1. The van der Waals surface area contributed by atoms with E-state index in [1.807, 2.05) is 24.3 Å². The smallest absolute Gasteiger partial charge is 0.218 e. The maximum atomic E-state index is 14.9. The van der Waals surface area contributed by atoms with Gasteiger partial charge in [-0.25, -0.2) is 28.7 Å². The Balaban J connectivity index is 1.42. The number of halogens is 2. The number of rotatable bonds is 8. The third kappa shape index (κ3) is 4.71. The van der Waals surface area contributed by atoms with E-state index < -0.39 is 11.6 Å². The molecule has 0 unspecified atom stereocenters. The molecular formula is C28H25F2N7O2. The molecule has 0 spiro atoms. The Morgan fingerprint density at radius 1 is 1.03 bits per heavy atom. The zero-order valence-corrected chi connectivity index (χ0v) is 21.4. The highest BCUT2D eigenvalue weighted by atomic mass is 19.1. The van der Waals surface area contributed by atoms with Crippen molar-refractivity contribution in [3.63, 3.8) is 0 Å². The summed E-state index contributed by atoms with van der Waals surface area (Å²) < 4.78 is 41.9. The predicted molar refractivity (Wildman–Crippen MR) is 141 cm³/mol. The van der Waals surface area contributed by atoms with Gasteiger partial charge < -0.3 is 14.8 Å². The summed E-state index contributed by atoms with van der Waals surface area (Å²) in [5, 5.41) is 8.81. The highest BCUT2D eigenvalue weighted by molar-refractivity contribution is 5.92. The number of ether oxygens (including phenoxy) is 2. The average molecular weight is 530 g/mol.